The Morgan fingerprint density at radius 3 is 2.70 bits per heavy atom. The topological polar surface area (TPSA) is 90.7 Å². The summed E-state index contributed by atoms with van der Waals surface area (Å²) in [4.78, 5) is 4.60. The minimum absolute atomic E-state index is 0.249. The number of aromatic amines is 1. The summed E-state index contributed by atoms with van der Waals surface area (Å²) >= 11 is 0. The third-order valence-electron chi connectivity index (χ3n) is 4.67. The van der Waals surface area contributed by atoms with E-state index in [0.29, 0.717) is 5.82 Å². The van der Waals surface area contributed by atoms with Crippen LogP contribution in [0, 0.1) is 13.8 Å². The van der Waals surface area contributed by atoms with Crippen LogP contribution in [0.2, 0.25) is 0 Å². The molecule has 0 atom stereocenters. The van der Waals surface area contributed by atoms with E-state index in [4.69, 9.17) is 9.47 Å². The van der Waals surface area contributed by atoms with E-state index in [1.165, 1.54) is 0 Å². The van der Waals surface area contributed by atoms with Gasteiger partial charge in [-0.3, -0.25) is 4.57 Å². The normalized spacial score (nSPS) is 12.5. The van der Waals surface area contributed by atoms with Crippen molar-refractivity contribution in [3.63, 3.8) is 0 Å². The monoisotopic (exact) mass is 360 g/mol. The van der Waals surface area contributed by atoms with E-state index in [1.54, 1.807) is 6.20 Å². The smallest absolute Gasteiger partial charge is 0.231 e. The molecule has 3 heterocycles. The lowest BCUT2D eigenvalue weighted by atomic mass is 10.1. The van der Waals surface area contributed by atoms with Crippen LogP contribution in [-0.4, -0.2) is 37.0 Å². The second kappa shape index (κ2) is 5.94. The highest BCUT2D eigenvalue weighted by molar-refractivity contribution is 5.69. The third kappa shape index (κ3) is 2.53. The lowest BCUT2D eigenvalue weighted by molar-refractivity contribution is 0.174. The molecule has 0 saturated carbocycles. The van der Waals surface area contributed by atoms with Crippen molar-refractivity contribution in [3.8, 4) is 40.0 Å². The van der Waals surface area contributed by atoms with E-state index in [1.807, 2.05) is 43.5 Å². The molecule has 0 unspecified atom stereocenters. The van der Waals surface area contributed by atoms with Crippen LogP contribution in [0.4, 0.5) is 0 Å². The Bertz CT molecular complexity index is 1130. The Morgan fingerprint density at radius 2 is 1.89 bits per heavy atom. The van der Waals surface area contributed by atoms with Gasteiger partial charge in [0.05, 0.1) is 5.69 Å². The predicted molar refractivity (Wildman–Crippen MR) is 97.8 cm³/mol. The van der Waals surface area contributed by atoms with E-state index < -0.39 is 0 Å². The Kier molecular flexibility index (Phi) is 3.43. The van der Waals surface area contributed by atoms with Crippen molar-refractivity contribution in [3.05, 3.63) is 53.9 Å². The van der Waals surface area contributed by atoms with Crippen molar-refractivity contribution in [1.82, 2.24) is 30.2 Å². The molecule has 27 heavy (non-hydrogen) atoms. The summed E-state index contributed by atoms with van der Waals surface area (Å²) in [6.07, 6.45) is 3.74. The lowest BCUT2D eigenvalue weighted by Crippen LogP contribution is -2.01. The van der Waals surface area contributed by atoms with Crippen LogP contribution in [0.3, 0.4) is 0 Å². The molecular weight excluding hydrogens is 344 g/mol. The second-order valence-corrected chi connectivity index (χ2v) is 6.38. The van der Waals surface area contributed by atoms with E-state index in [0.717, 1.165) is 45.3 Å². The fourth-order valence-electron chi connectivity index (χ4n) is 3.27. The molecular formula is C19H16N6O2. The first-order chi connectivity index (χ1) is 13.2. The van der Waals surface area contributed by atoms with E-state index in [-0.39, 0.29) is 6.79 Å². The number of aryl methyl sites for hydroxylation is 2. The average Bonchev–Trinajstić information content (AvgIpc) is 3.42. The van der Waals surface area contributed by atoms with Crippen LogP contribution in [0.15, 0.2) is 42.7 Å². The Morgan fingerprint density at radius 1 is 1.04 bits per heavy atom. The zero-order valence-corrected chi connectivity index (χ0v) is 14.8. The molecule has 0 spiro atoms. The maximum absolute atomic E-state index is 5.54. The second-order valence-electron chi connectivity index (χ2n) is 6.38. The van der Waals surface area contributed by atoms with Gasteiger partial charge >= 0.3 is 0 Å². The Hall–Kier alpha value is -3.68. The van der Waals surface area contributed by atoms with Crippen LogP contribution in [0.5, 0.6) is 11.5 Å². The molecule has 8 heteroatoms. The molecule has 2 aromatic carbocycles. The minimum Gasteiger partial charge on any atom is -0.454 e. The molecule has 0 bridgehead atoms. The molecule has 0 radical (unpaired) electrons. The summed E-state index contributed by atoms with van der Waals surface area (Å²) in [5, 5.41) is 14.3. The third-order valence-corrected chi connectivity index (χ3v) is 4.67. The Labute approximate surface area is 154 Å². The molecule has 4 aromatic rings. The minimum atomic E-state index is 0.249. The van der Waals surface area contributed by atoms with Crippen molar-refractivity contribution in [2.75, 3.05) is 6.79 Å². The molecule has 0 fully saturated rings. The van der Waals surface area contributed by atoms with Crippen LogP contribution >= 0.6 is 0 Å². The summed E-state index contributed by atoms with van der Waals surface area (Å²) in [7, 11) is 0. The van der Waals surface area contributed by atoms with E-state index in [9.17, 15) is 0 Å². The fraction of sp³-hybridized carbons (Fsp3) is 0.158. The van der Waals surface area contributed by atoms with Gasteiger partial charge in [0.1, 0.15) is 5.82 Å². The number of hydrogen-bond donors (Lipinski definition) is 1. The van der Waals surface area contributed by atoms with Crippen molar-refractivity contribution < 1.29 is 9.47 Å². The quantitative estimate of drug-likeness (QED) is 0.604. The number of fused-ring (bicyclic) bond motifs is 1. The molecule has 8 nitrogen and oxygen atoms in total. The summed E-state index contributed by atoms with van der Waals surface area (Å²) in [5.41, 5.74) is 5.06. The first kappa shape index (κ1) is 15.6. The van der Waals surface area contributed by atoms with Crippen molar-refractivity contribution in [2.45, 2.75) is 13.8 Å². The SMILES string of the molecule is Cc1cc2c(cc1-c1nccn1-c1cc(-c3nn[nH]n3)ccc1C)OCO2. The predicted octanol–water partition coefficient (Wildman–Crippen LogP) is 3.06. The zero-order chi connectivity index (χ0) is 18.4. The lowest BCUT2D eigenvalue weighted by Gasteiger charge is -2.14. The average molecular weight is 360 g/mol. The van der Waals surface area contributed by atoms with Gasteiger partial charge in [0.15, 0.2) is 11.5 Å². The number of rotatable bonds is 3. The summed E-state index contributed by atoms with van der Waals surface area (Å²) in [6.45, 7) is 4.35. The van der Waals surface area contributed by atoms with Crippen LogP contribution in [-0.2, 0) is 0 Å². The molecule has 2 aromatic heterocycles. The fourth-order valence-corrected chi connectivity index (χ4v) is 3.27. The van der Waals surface area contributed by atoms with E-state index in [2.05, 4.69) is 37.1 Å². The summed E-state index contributed by atoms with van der Waals surface area (Å²) in [5.74, 6) is 2.89. The maximum atomic E-state index is 5.54. The van der Waals surface area contributed by atoms with Crippen LogP contribution < -0.4 is 9.47 Å². The number of ether oxygens (including phenoxy) is 2. The number of nitrogens with zero attached hydrogens (tertiary/aromatic N) is 5. The molecule has 1 aliphatic rings. The molecule has 0 amide bonds. The van der Waals surface area contributed by atoms with Gasteiger partial charge < -0.3 is 9.47 Å². The highest BCUT2D eigenvalue weighted by Crippen LogP contribution is 2.38. The van der Waals surface area contributed by atoms with Crippen LogP contribution in [0.1, 0.15) is 11.1 Å². The van der Waals surface area contributed by atoms with Gasteiger partial charge in [0, 0.05) is 23.5 Å². The van der Waals surface area contributed by atoms with Gasteiger partial charge in [-0.25, -0.2) is 4.98 Å². The number of tetrazole rings is 1. The molecule has 5 rings (SSSR count). The number of H-pyrrole nitrogens is 1. The standard InChI is InChI=1S/C19H16N6O2/c1-11-3-4-13(18-21-23-24-22-18)8-15(11)25-6-5-20-19(25)14-9-17-16(7-12(14)2)26-10-27-17/h3-9H,10H2,1-2H3,(H,21,22,23,24). The van der Waals surface area contributed by atoms with Gasteiger partial charge in [-0.1, -0.05) is 12.1 Å². The van der Waals surface area contributed by atoms with Crippen molar-refractivity contribution in [1.29, 1.82) is 0 Å². The van der Waals surface area contributed by atoms with Gasteiger partial charge in [0.25, 0.3) is 0 Å². The number of benzene rings is 2. The van der Waals surface area contributed by atoms with Gasteiger partial charge in [-0.05, 0) is 48.4 Å². The number of aromatic nitrogens is 6. The number of nitrogens with one attached hydrogen (secondary N) is 1. The molecule has 0 saturated heterocycles. The van der Waals surface area contributed by atoms with Crippen molar-refractivity contribution in [2.24, 2.45) is 0 Å². The highest BCUT2D eigenvalue weighted by Gasteiger charge is 2.20. The first-order valence-corrected chi connectivity index (χ1v) is 8.49. The van der Waals surface area contributed by atoms with Gasteiger partial charge in [0.2, 0.25) is 12.6 Å². The Balaban J connectivity index is 1.66. The number of hydrogen-bond acceptors (Lipinski definition) is 6. The molecule has 1 N–H and O–H groups in total. The largest absolute Gasteiger partial charge is 0.454 e. The highest BCUT2D eigenvalue weighted by atomic mass is 16.7. The summed E-state index contributed by atoms with van der Waals surface area (Å²) < 4.78 is 13.1. The molecule has 1 aliphatic heterocycles. The maximum Gasteiger partial charge on any atom is 0.231 e. The zero-order valence-electron chi connectivity index (χ0n) is 14.8. The van der Waals surface area contributed by atoms with Gasteiger partial charge in [-0.2, -0.15) is 5.21 Å². The number of imidazole rings is 1. The first-order valence-electron chi connectivity index (χ1n) is 8.49. The van der Waals surface area contributed by atoms with Gasteiger partial charge in [-0.15, -0.1) is 10.2 Å². The molecule has 0 aliphatic carbocycles. The molecule has 134 valence electrons. The van der Waals surface area contributed by atoms with Crippen molar-refractivity contribution >= 4 is 0 Å². The van der Waals surface area contributed by atoms with Crippen LogP contribution in [0.25, 0.3) is 28.5 Å². The van der Waals surface area contributed by atoms with E-state index >= 15 is 0 Å². The summed E-state index contributed by atoms with van der Waals surface area (Å²) in [6, 6.07) is 10.0.